The molecular weight excluding hydrogens is 383 g/mol. The highest BCUT2D eigenvalue weighted by molar-refractivity contribution is 6.32. The van der Waals surface area contributed by atoms with E-state index in [1.165, 1.54) is 13.2 Å². The van der Waals surface area contributed by atoms with Gasteiger partial charge in [-0.25, -0.2) is 4.39 Å². The molecular formula is C21H26ClFN2O3. The van der Waals surface area contributed by atoms with Gasteiger partial charge in [-0.15, -0.1) is 0 Å². The number of phenolic OH excluding ortho intramolecular Hbond substituents is 1. The highest BCUT2D eigenvalue weighted by Gasteiger charge is 2.27. The van der Waals surface area contributed by atoms with Gasteiger partial charge in [-0.1, -0.05) is 23.7 Å². The zero-order valence-corrected chi connectivity index (χ0v) is 16.7. The smallest absolute Gasteiger partial charge is 0.134 e. The van der Waals surface area contributed by atoms with Crippen LogP contribution in [0.25, 0.3) is 0 Å². The van der Waals surface area contributed by atoms with Crippen LogP contribution >= 0.6 is 11.6 Å². The van der Waals surface area contributed by atoms with E-state index in [4.69, 9.17) is 16.3 Å². The Morgan fingerprint density at radius 1 is 1.18 bits per heavy atom. The van der Waals surface area contributed by atoms with Crippen molar-refractivity contribution in [3.8, 4) is 11.5 Å². The van der Waals surface area contributed by atoms with Crippen molar-refractivity contribution in [2.75, 3.05) is 33.4 Å². The predicted molar refractivity (Wildman–Crippen MR) is 107 cm³/mol. The lowest BCUT2D eigenvalue weighted by molar-refractivity contribution is 0.0493. The number of rotatable bonds is 7. The van der Waals surface area contributed by atoms with E-state index in [0.29, 0.717) is 35.8 Å². The molecule has 1 unspecified atom stereocenters. The molecule has 0 bridgehead atoms. The van der Waals surface area contributed by atoms with Crippen LogP contribution in [0.3, 0.4) is 0 Å². The minimum atomic E-state index is -0.275. The van der Waals surface area contributed by atoms with Gasteiger partial charge in [-0.3, -0.25) is 9.80 Å². The second-order valence-electron chi connectivity index (χ2n) is 7.11. The number of hydrogen-bond acceptors (Lipinski definition) is 5. The van der Waals surface area contributed by atoms with Crippen LogP contribution in [0.1, 0.15) is 17.5 Å². The zero-order valence-electron chi connectivity index (χ0n) is 15.9. The van der Waals surface area contributed by atoms with Gasteiger partial charge in [-0.2, -0.15) is 0 Å². The summed E-state index contributed by atoms with van der Waals surface area (Å²) < 4.78 is 19.4. The number of nitrogens with zero attached hydrogens (tertiary/aromatic N) is 2. The van der Waals surface area contributed by atoms with Crippen LogP contribution < -0.4 is 4.74 Å². The van der Waals surface area contributed by atoms with E-state index in [2.05, 4.69) is 9.80 Å². The second kappa shape index (κ2) is 9.56. The van der Waals surface area contributed by atoms with Gasteiger partial charge in [-0.05, 0) is 30.2 Å². The summed E-state index contributed by atoms with van der Waals surface area (Å²) in [6.45, 7) is 3.69. The van der Waals surface area contributed by atoms with Crippen molar-refractivity contribution in [3.63, 3.8) is 0 Å². The van der Waals surface area contributed by atoms with Crippen LogP contribution in [-0.2, 0) is 13.1 Å². The third-order valence-electron chi connectivity index (χ3n) is 5.20. The van der Waals surface area contributed by atoms with E-state index in [0.717, 1.165) is 25.2 Å². The van der Waals surface area contributed by atoms with E-state index in [-0.39, 0.29) is 24.2 Å². The summed E-state index contributed by atoms with van der Waals surface area (Å²) in [5, 5.41) is 19.4. The molecule has 0 saturated carbocycles. The maximum atomic E-state index is 14.3. The number of aliphatic hydroxyl groups is 1. The number of piperazine rings is 1. The number of benzene rings is 2. The molecule has 0 radical (unpaired) electrons. The fourth-order valence-corrected chi connectivity index (χ4v) is 3.84. The highest BCUT2D eigenvalue weighted by Crippen LogP contribution is 2.26. The molecule has 1 heterocycles. The Hall–Kier alpha value is -1.86. The van der Waals surface area contributed by atoms with E-state index < -0.39 is 0 Å². The Bertz CT molecular complexity index is 805. The van der Waals surface area contributed by atoms with E-state index in [1.54, 1.807) is 24.3 Å². The van der Waals surface area contributed by atoms with Gasteiger partial charge in [0.15, 0.2) is 0 Å². The van der Waals surface area contributed by atoms with Crippen molar-refractivity contribution < 1.29 is 19.3 Å². The van der Waals surface area contributed by atoms with Crippen molar-refractivity contribution in [2.45, 2.75) is 25.6 Å². The van der Waals surface area contributed by atoms with Crippen molar-refractivity contribution in [1.29, 1.82) is 0 Å². The van der Waals surface area contributed by atoms with Crippen LogP contribution in [0, 0.1) is 5.82 Å². The van der Waals surface area contributed by atoms with Crippen LogP contribution in [0.2, 0.25) is 5.02 Å². The molecule has 0 aliphatic carbocycles. The van der Waals surface area contributed by atoms with Gasteiger partial charge in [0.25, 0.3) is 0 Å². The topological polar surface area (TPSA) is 56.2 Å². The summed E-state index contributed by atoms with van der Waals surface area (Å²) in [5.41, 5.74) is 1.66. The summed E-state index contributed by atoms with van der Waals surface area (Å²) in [6.07, 6.45) is 0.630. The Morgan fingerprint density at radius 3 is 2.68 bits per heavy atom. The molecule has 1 fully saturated rings. The molecule has 152 valence electrons. The van der Waals surface area contributed by atoms with Crippen molar-refractivity contribution in [3.05, 3.63) is 58.4 Å². The van der Waals surface area contributed by atoms with E-state index in [9.17, 15) is 14.6 Å². The highest BCUT2D eigenvalue weighted by atomic mass is 35.5. The summed E-state index contributed by atoms with van der Waals surface area (Å²) in [7, 11) is 1.52. The van der Waals surface area contributed by atoms with Crippen LogP contribution in [0.4, 0.5) is 4.39 Å². The van der Waals surface area contributed by atoms with Gasteiger partial charge in [0.05, 0.1) is 12.1 Å². The Labute approximate surface area is 169 Å². The van der Waals surface area contributed by atoms with Crippen molar-refractivity contribution >= 4 is 11.6 Å². The molecule has 3 rings (SSSR count). The normalized spacial score (nSPS) is 18.4. The molecule has 2 N–H and O–H groups in total. The van der Waals surface area contributed by atoms with Gasteiger partial charge < -0.3 is 14.9 Å². The van der Waals surface area contributed by atoms with Gasteiger partial charge in [0.1, 0.15) is 17.3 Å². The fraction of sp³-hybridized carbons (Fsp3) is 0.429. The second-order valence-corrected chi connectivity index (χ2v) is 7.52. The third kappa shape index (κ3) is 5.14. The molecule has 7 heteroatoms. The SMILES string of the molecule is COc1ccc(CN2CCN(Cc3ccc(O)c(Cl)c3)CC2CCO)c(F)c1. The van der Waals surface area contributed by atoms with Crippen LogP contribution in [-0.4, -0.2) is 59.4 Å². The van der Waals surface area contributed by atoms with Gasteiger partial charge in [0.2, 0.25) is 0 Å². The molecule has 1 aliphatic heterocycles. The number of halogens is 2. The molecule has 1 saturated heterocycles. The first-order chi connectivity index (χ1) is 13.5. The first-order valence-electron chi connectivity index (χ1n) is 9.37. The van der Waals surface area contributed by atoms with Crippen LogP contribution in [0.5, 0.6) is 11.5 Å². The fourth-order valence-electron chi connectivity index (χ4n) is 3.64. The Morgan fingerprint density at radius 2 is 2.00 bits per heavy atom. The zero-order chi connectivity index (χ0) is 20.1. The number of ether oxygens (including phenoxy) is 1. The molecule has 0 spiro atoms. The lowest BCUT2D eigenvalue weighted by atomic mass is 10.1. The monoisotopic (exact) mass is 408 g/mol. The van der Waals surface area contributed by atoms with Crippen LogP contribution in [0.15, 0.2) is 36.4 Å². The average Bonchev–Trinajstić information content (AvgIpc) is 2.68. The summed E-state index contributed by atoms with van der Waals surface area (Å²) >= 11 is 6.01. The number of phenols is 1. The Balaban J connectivity index is 1.66. The van der Waals surface area contributed by atoms with Crippen molar-refractivity contribution in [1.82, 2.24) is 9.80 Å². The standard InChI is InChI=1S/C21H26ClFN2O3/c1-28-18-4-3-16(20(23)11-18)13-25-8-7-24(14-17(25)6-9-26)12-15-2-5-21(27)19(22)10-15/h2-5,10-11,17,26-27H,6-9,12-14H2,1H3. The van der Waals surface area contributed by atoms with E-state index >= 15 is 0 Å². The molecule has 28 heavy (non-hydrogen) atoms. The summed E-state index contributed by atoms with van der Waals surface area (Å²) in [5.74, 6) is 0.309. The molecule has 1 aliphatic rings. The van der Waals surface area contributed by atoms with Gasteiger partial charge >= 0.3 is 0 Å². The maximum Gasteiger partial charge on any atom is 0.134 e. The molecule has 1 atom stereocenters. The summed E-state index contributed by atoms with van der Waals surface area (Å²) in [6, 6.07) is 10.3. The van der Waals surface area contributed by atoms with Gasteiger partial charge in [0, 0.05) is 57.0 Å². The number of hydrogen-bond donors (Lipinski definition) is 2. The molecule has 2 aromatic carbocycles. The average molecular weight is 409 g/mol. The molecule has 2 aromatic rings. The van der Waals surface area contributed by atoms with Crippen molar-refractivity contribution in [2.24, 2.45) is 0 Å². The number of aliphatic hydroxyl groups excluding tert-OH is 1. The maximum absolute atomic E-state index is 14.3. The summed E-state index contributed by atoms with van der Waals surface area (Å²) in [4.78, 5) is 4.52. The first-order valence-corrected chi connectivity index (χ1v) is 9.75. The molecule has 0 aromatic heterocycles. The van der Waals surface area contributed by atoms with E-state index in [1.807, 2.05) is 6.07 Å². The minimum Gasteiger partial charge on any atom is -0.506 e. The number of methoxy groups -OCH3 is 1. The molecule has 5 nitrogen and oxygen atoms in total. The number of aromatic hydroxyl groups is 1. The predicted octanol–water partition coefficient (Wildman–Crippen LogP) is 3.26. The molecule has 0 amide bonds. The largest absolute Gasteiger partial charge is 0.506 e. The lowest BCUT2D eigenvalue weighted by Crippen LogP contribution is -2.52. The lowest BCUT2D eigenvalue weighted by Gasteiger charge is -2.41. The minimum absolute atomic E-state index is 0.0786. The Kier molecular flexibility index (Phi) is 7.13. The first kappa shape index (κ1) is 20.9. The quantitative estimate of drug-likeness (QED) is 0.736. The third-order valence-corrected chi connectivity index (χ3v) is 5.51.